The third kappa shape index (κ3) is 3.27. The highest BCUT2D eigenvalue weighted by Crippen LogP contribution is 2.35. The van der Waals surface area contributed by atoms with Crippen LogP contribution in [-0.4, -0.2) is 18.4 Å². The number of aliphatic carboxylic acids is 1. The van der Waals surface area contributed by atoms with Gasteiger partial charge >= 0.3 is 0 Å². The summed E-state index contributed by atoms with van der Waals surface area (Å²) in [7, 11) is 0. The molecule has 0 radical (unpaired) electrons. The number of halogens is 1. The number of carboxylic acid groups (broad SMARTS) is 1. The maximum Gasteiger partial charge on any atom is 0.231 e. The van der Waals surface area contributed by atoms with Crippen molar-refractivity contribution in [2.75, 3.05) is 6.61 Å². The molecule has 5 nitrogen and oxygen atoms in total. The average Bonchev–Trinajstić information content (AvgIpc) is 2.83. The van der Waals surface area contributed by atoms with Gasteiger partial charge in [-0.3, -0.25) is 4.79 Å². The zero-order chi connectivity index (χ0) is 16.4. The number of allylic oxidation sites excluding steroid dienone is 1. The average molecular weight is 374 g/mol. The number of hydrogen-bond acceptors (Lipinski definition) is 5. The molecular formula is C17H10BrO5-. The van der Waals surface area contributed by atoms with Gasteiger partial charge < -0.3 is 19.4 Å². The molecule has 3 rings (SSSR count). The van der Waals surface area contributed by atoms with Gasteiger partial charge in [-0.2, -0.15) is 0 Å². The van der Waals surface area contributed by atoms with Crippen molar-refractivity contribution in [3.8, 4) is 11.5 Å². The molecule has 0 saturated carbocycles. The molecule has 116 valence electrons. The van der Waals surface area contributed by atoms with E-state index in [4.69, 9.17) is 9.47 Å². The van der Waals surface area contributed by atoms with E-state index in [1.54, 1.807) is 12.1 Å². The van der Waals surface area contributed by atoms with E-state index in [0.29, 0.717) is 17.1 Å². The Morgan fingerprint density at radius 3 is 2.78 bits per heavy atom. The van der Waals surface area contributed by atoms with E-state index in [-0.39, 0.29) is 11.5 Å². The molecule has 0 aromatic heterocycles. The number of ketones is 1. The summed E-state index contributed by atoms with van der Waals surface area (Å²) in [5.41, 5.74) is 1.22. The molecule has 6 heteroatoms. The van der Waals surface area contributed by atoms with Crippen LogP contribution in [0.3, 0.4) is 0 Å². The van der Waals surface area contributed by atoms with Crippen LogP contribution in [0.25, 0.3) is 6.08 Å². The van der Waals surface area contributed by atoms with Crippen molar-refractivity contribution in [2.24, 2.45) is 0 Å². The van der Waals surface area contributed by atoms with Gasteiger partial charge in [-0.1, -0.05) is 34.1 Å². The number of Topliss-reactive ketones (excluding diaryl/α,β-unsaturated/α-hetero) is 1. The number of benzene rings is 2. The lowest BCUT2D eigenvalue weighted by molar-refractivity contribution is -0.307. The Labute approximate surface area is 140 Å². The topological polar surface area (TPSA) is 75.7 Å². The quantitative estimate of drug-likeness (QED) is 0.767. The molecule has 0 bridgehead atoms. The lowest BCUT2D eigenvalue weighted by Crippen LogP contribution is -2.28. The lowest BCUT2D eigenvalue weighted by atomic mass is 10.1. The Morgan fingerprint density at radius 2 is 2.04 bits per heavy atom. The molecule has 2 aromatic rings. The Kier molecular flexibility index (Phi) is 4.16. The molecule has 0 spiro atoms. The van der Waals surface area contributed by atoms with E-state index in [2.05, 4.69) is 15.9 Å². The molecule has 0 atom stereocenters. The highest BCUT2D eigenvalue weighted by atomic mass is 79.9. The third-order valence-corrected chi connectivity index (χ3v) is 3.91. The van der Waals surface area contributed by atoms with E-state index < -0.39 is 12.6 Å². The fourth-order valence-corrected chi connectivity index (χ4v) is 2.53. The van der Waals surface area contributed by atoms with E-state index in [1.165, 1.54) is 12.1 Å². The molecule has 0 unspecified atom stereocenters. The Bertz CT molecular complexity index is 825. The summed E-state index contributed by atoms with van der Waals surface area (Å²) >= 11 is 3.41. The number of carboxylic acids is 1. The van der Waals surface area contributed by atoms with Crippen molar-refractivity contribution < 1.29 is 24.2 Å². The van der Waals surface area contributed by atoms with Crippen LogP contribution in [-0.2, 0) is 4.79 Å². The first-order valence-corrected chi connectivity index (χ1v) is 7.49. The van der Waals surface area contributed by atoms with Crippen LogP contribution >= 0.6 is 15.9 Å². The van der Waals surface area contributed by atoms with Crippen LogP contribution < -0.4 is 14.6 Å². The summed E-state index contributed by atoms with van der Waals surface area (Å²) in [5, 5.41) is 10.4. The van der Waals surface area contributed by atoms with Crippen LogP contribution in [0.5, 0.6) is 11.5 Å². The smallest absolute Gasteiger partial charge is 0.231 e. The summed E-state index contributed by atoms with van der Waals surface area (Å²) in [4.78, 5) is 22.7. The third-order valence-electron chi connectivity index (χ3n) is 3.19. The number of carbonyl (C=O) groups is 2. The first kappa shape index (κ1) is 15.3. The molecule has 0 amide bonds. The maximum absolute atomic E-state index is 12.3. The second-order valence-electron chi connectivity index (χ2n) is 4.78. The summed E-state index contributed by atoms with van der Waals surface area (Å²) in [6, 6.07) is 12.0. The second-order valence-corrected chi connectivity index (χ2v) is 5.63. The van der Waals surface area contributed by atoms with Crippen molar-refractivity contribution in [1.29, 1.82) is 0 Å². The molecule has 0 fully saturated rings. The van der Waals surface area contributed by atoms with Gasteiger partial charge in [0.15, 0.2) is 5.76 Å². The number of fused-ring (bicyclic) bond motifs is 1. The predicted molar refractivity (Wildman–Crippen MR) is 84.0 cm³/mol. The largest absolute Gasteiger partial charge is 0.546 e. The molecule has 0 N–H and O–H groups in total. The number of hydrogen-bond donors (Lipinski definition) is 0. The van der Waals surface area contributed by atoms with Crippen LogP contribution in [0.1, 0.15) is 15.9 Å². The summed E-state index contributed by atoms with van der Waals surface area (Å²) < 4.78 is 11.4. The molecule has 1 aliphatic rings. The van der Waals surface area contributed by atoms with E-state index in [0.717, 1.165) is 10.0 Å². The predicted octanol–water partition coefficient (Wildman–Crippen LogP) is 2.19. The van der Waals surface area contributed by atoms with Crippen LogP contribution in [0.15, 0.2) is 52.7 Å². The summed E-state index contributed by atoms with van der Waals surface area (Å²) in [6.45, 7) is -0.563. The van der Waals surface area contributed by atoms with Gasteiger partial charge in [0.1, 0.15) is 18.1 Å². The number of carbonyl (C=O) groups excluding carboxylic acids is 2. The van der Waals surface area contributed by atoms with Crippen LogP contribution in [0.2, 0.25) is 0 Å². The van der Waals surface area contributed by atoms with Crippen molar-refractivity contribution in [3.63, 3.8) is 0 Å². The monoisotopic (exact) mass is 373 g/mol. The highest BCUT2D eigenvalue weighted by molar-refractivity contribution is 9.10. The maximum atomic E-state index is 12.3. The van der Waals surface area contributed by atoms with E-state index in [9.17, 15) is 14.7 Å². The Hall–Kier alpha value is -2.60. The van der Waals surface area contributed by atoms with Gasteiger partial charge in [0.05, 0.1) is 11.5 Å². The number of rotatable bonds is 4. The van der Waals surface area contributed by atoms with Gasteiger partial charge in [0, 0.05) is 10.5 Å². The van der Waals surface area contributed by atoms with Gasteiger partial charge in [-0.05, 0) is 29.8 Å². The van der Waals surface area contributed by atoms with Crippen molar-refractivity contribution in [3.05, 3.63) is 63.8 Å². The molecule has 1 aliphatic heterocycles. The van der Waals surface area contributed by atoms with Crippen LogP contribution in [0.4, 0.5) is 0 Å². The highest BCUT2D eigenvalue weighted by Gasteiger charge is 2.27. The zero-order valence-electron chi connectivity index (χ0n) is 11.7. The van der Waals surface area contributed by atoms with Gasteiger partial charge in [-0.25, -0.2) is 0 Å². The molecule has 2 aromatic carbocycles. The van der Waals surface area contributed by atoms with Gasteiger partial charge in [0.2, 0.25) is 5.78 Å². The van der Waals surface area contributed by atoms with Crippen LogP contribution in [0, 0.1) is 0 Å². The fourth-order valence-electron chi connectivity index (χ4n) is 2.13. The first-order chi connectivity index (χ1) is 11.0. The molecule has 0 aliphatic carbocycles. The number of ether oxygens (including phenoxy) is 2. The second kappa shape index (κ2) is 6.26. The Morgan fingerprint density at radius 1 is 1.26 bits per heavy atom. The molecule has 0 saturated heterocycles. The van der Waals surface area contributed by atoms with E-state index in [1.807, 2.05) is 24.3 Å². The van der Waals surface area contributed by atoms with Gasteiger partial charge in [-0.15, -0.1) is 0 Å². The minimum atomic E-state index is -1.32. The van der Waals surface area contributed by atoms with Crippen molar-refractivity contribution in [2.45, 2.75) is 0 Å². The zero-order valence-corrected chi connectivity index (χ0v) is 13.3. The SMILES string of the molecule is O=C([O-])COc1ccc2c(c1)O/C(=C\c1ccccc1Br)C2=O. The van der Waals surface area contributed by atoms with Crippen molar-refractivity contribution >= 4 is 33.8 Å². The fraction of sp³-hybridized carbons (Fsp3) is 0.0588. The normalized spacial score (nSPS) is 14.5. The lowest BCUT2D eigenvalue weighted by Gasteiger charge is -2.07. The van der Waals surface area contributed by atoms with E-state index >= 15 is 0 Å². The summed E-state index contributed by atoms with van der Waals surface area (Å²) in [6.07, 6.45) is 1.65. The van der Waals surface area contributed by atoms with Gasteiger partial charge in [0.25, 0.3) is 0 Å². The Balaban J connectivity index is 1.87. The first-order valence-electron chi connectivity index (χ1n) is 6.70. The minimum absolute atomic E-state index is 0.198. The summed E-state index contributed by atoms with van der Waals surface area (Å²) in [5.74, 6) is -0.727. The molecule has 1 heterocycles. The van der Waals surface area contributed by atoms with Crippen molar-refractivity contribution in [1.82, 2.24) is 0 Å². The molecule has 23 heavy (non-hydrogen) atoms. The minimum Gasteiger partial charge on any atom is -0.546 e. The molecular weight excluding hydrogens is 364 g/mol. The standard InChI is InChI=1S/C17H11BrO5/c18-13-4-2-1-3-10(13)7-15-17(21)12-6-5-11(8-14(12)23-15)22-9-16(19)20/h1-8H,9H2,(H,19,20)/p-1/b15-7-.